The number of nitrogens with zero attached hydrogens (tertiary/aromatic N) is 1. The number of amides is 2. The molecule has 0 aliphatic carbocycles. The van der Waals surface area contributed by atoms with Crippen molar-refractivity contribution in [3.63, 3.8) is 0 Å². The Bertz CT molecular complexity index is 664. The predicted octanol–water partition coefficient (Wildman–Crippen LogP) is 2.42. The number of carbonyl (C=O) groups excluding carboxylic acids is 2. The van der Waals surface area contributed by atoms with Crippen molar-refractivity contribution < 1.29 is 24.2 Å². The van der Waals surface area contributed by atoms with Gasteiger partial charge < -0.3 is 20.1 Å². The summed E-state index contributed by atoms with van der Waals surface area (Å²) in [6.07, 6.45) is 2.18. The summed E-state index contributed by atoms with van der Waals surface area (Å²) in [5.41, 5.74) is 0.456. The van der Waals surface area contributed by atoms with Crippen molar-refractivity contribution in [1.82, 2.24) is 4.90 Å². The number of nitrogens with one attached hydrogen (secondary N) is 1. The molecule has 0 spiro atoms. The van der Waals surface area contributed by atoms with E-state index in [1.807, 2.05) is 6.92 Å². The molecule has 1 heterocycles. The number of unbranched alkanes of at least 4 members (excludes halogenated alkanes) is 1. The molecule has 1 atom stereocenters. The summed E-state index contributed by atoms with van der Waals surface area (Å²) in [7, 11) is 1.37. The number of methoxy groups -OCH3 is 1. The topological polar surface area (TPSA) is 95.9 Å². The molecule has 8 heteroatoms. The number of carboxylic acid groups (broad SMARTS) is 1. The van der Waals surface area contributed by atoms with E-state index in [-0.39, 0.29) is 23.1 Å². The van der Waals surface area contributed by atoms with Crippen LogP contribution >= 0.6 is 11.8 Å². The summed E-state index contributed by atoms with van der Waals surface area (Å²) in [5.74, 6) is -0.155. The molecule has 0 bridgehead atoms. The molecule has 25 heavy (non-hydrogen) atoms. The molecule has 2 N–H and O–H groups in total. The highest BCUT2D eigenvalue weighted by molar-refractivity contribution is 7.99. The average molecular weight is 366 g/mol. The second-order valence-electron chi connectivity index (χ2n) is 5.69. The van der Waals surface area contributed by atoms with Crippen molar-refractivity contribution in [3.8, 4) is 5.75 Å². The summed E-state index contributed by atoms with van der Waals surface area (Å²) in [5, 5.41) is 11.8. The Labute approximate surface area is 150 Å². The molecule has 1 aliphatic heterocycles. The molecule has 136 valence electrons. The standard InChI is InChI=1S/C17H22N2O5S/c1-3-4-5-15(20)19-10-25-9-13(19)16(21)18-11-6-7-12(17(22)23)14(8-11)24-2/h6-8,13H,3-5,9-10H2,1-2H3,(H,18,21)(H,22,23). The molecule has 1 saturated heterocycles. The Morgan fingerprint density at radius 2 is 2.16 bits per heavy atom. The normalized spacial score (nSPS) is 16.6. The van der Waals surface area contributed by atoms with Gasteiger partial charge in [0.2, 0.25) is 11.8 Å². The second kappa shape index (κ2) is 8.75. The van der Waals surface area contributed by atoms with Crippen LogP contribution in [0.25, 0.3) is 0 Å². The van der Waals surface area contributed by atoms with E-state index >= 15 is 0 Å². The van der Waals surface area contributed by atoms with Crippen LogP contribution in [0.4, 0.5) is 5.69 Å². The van der Waals surface area contributed by atoms with Gasteiger partial charge in [-0.3, -0.25) is 9.59 Å². The Morgan fingerprint density at radius 1 is 1.40 bits per heavy atom. The lowest BCUT2D eigenvalue weighted by Gasteiger charge is -2.23. The van der Waals surface area contributed by atoms with Gasteiger partial charge in [-0.05, 0) is 18.6 Å². The maximum atomic E-state index is 12.5. The monoisotopic (exact) mass is 366 g/mol. The maximum absolute atomic E-state index is 12.5. The Balaban J connectivity index is 2.08. The zero-order chi connectivity index (χ0) is 18.4. The average Bonchev–Trinajstić information content (AvgIpc) is 3.09. The molecule has 0 aromatic heterocycles. The molecule has 0 saturated carbocycles. The summed E-state index contributed by atoms with van der Waals surface area (Å²) in [6, 6.07) is 3.84. The first-order chi connectivity index (χ1) is 12.0. The summed E-state index contributed by atoms with van der Waals surface area (Å²) in [6.45, 7) is 2.02. The summed E-state index contributed by atoms with van der Waals surface area (Å²) in [4.78, 5) is 37.5. The van der Waals surface area contributed by atoms with Gasteiger partial charge in [-0.2, -0.15) is 0 Å². The summed E-state index contributed by atoms with van der Waals surface area (Å²) >= 11 is 1.55. The number of rotatable bonds is 7. The van der Waals surface area contributed by atoms with Gasteiger partial charge in [0.05, 0.1) is 13.0 Å². The minimum Gasteiger partial charge on any atom is -0.496 e. The molecular weight excluding hydrogens is 344 g/mol. The SMILES string of the molecule is CCCCC(=O)N1CSCC1C(=O)Nc1ccc(C(=O)O)c(OC)c1. The highest BCUT2D eigenvalue weighted by Gasteiger charge is 2.34. The van der Waals surface area contributed by atoms with Crippen molar-refractivity contribution in [2.45, 2.75) is 32.2 Å². The number of anilines is 1. The first kappa shape index (κ1) is 19.1. The van der Waals surface area contributed by atoms with Crippen molar-refractivity contribution in [3.05, 3.63) is 23.8 Å². The minimum absolute atomic E-state index is 0.00851. The van der Waals surface area contributed by atoms with Gasteiger partial charge in [0.1, 0.15) is 17.4 Å². The lowest BCUT2D eigenvalue weighted by Crippen LogP contribution is -2.44. The third kappa shape index (κ3) is 4.66. The van der Waals surface area contributed by atoms with E-state index in [0.717, 1.165) is 12.8 Å². The maximum Gasteiger partial charge on any atom is 0.339 e. The van der Waals surface area contributed by atoms with Gasteiger partial charge in [0.15, 0.2) is 0 Å². The quantitative estimate of drug-likeness (QED) is 0.769. The third-order valence-corrected chi connectivity index (χ3v) is 4.96. The van der Waals surface area contributed by atoms with Crippen LogP contribution in [0.2, 0.25) is 0 Å². The van der Waals surface area contributed by atoms with Crippen LogP contribution in [0.3, 0.4) is 0 Å². The second-order valence-corrected chi connectivity index (χ2v) is 6.69. The smallest absolute Gasteiger partial charge is 0.339 e. The zero-order valence-corrected chi connectivity index (χ0v) is 15.1. The highest BCUT2D eigenvalue weighted by atomic mass is 32.2. The van der Waals surface area contributed by atoms with E-state index in [1.54, 1.807) is 16.7 Å². The predicted molar refractivity (Wildman–Crippen MR) is 96.1 cm³/mol. The number of carboxylic acids is 1. The van der Waals surface area contributed by atoms with Crippen LogP contribution < -0.4 is 10.1 Å². The number of carbonyl (C=O) groups is 3. The Morgan fingerprint density at radius 3 is 2.80 bits per heavy atom. The van der Waals surface area contributed by atoms with Gasteiger partial charge in [0.25, 0.3) is 0 Å². The van der Waals surface area contributed by atoms with E-state index in [4.69, 9.17) is 9.84 Å². The molecule has 2 rings (SSSR count). The molecule has 1 aromatic rings. The molecule has 1 aromatic carbocycles. The van der Waals surface area contributed by atoms with E-state index in [2.05, 4.69) is 5.32 Å². The number of thioether (sulfide) groups is 1. The molecule has 2 amide bonds. The lowest BCUT2D eigenvalue weighted by molar-refractivity contribution is -0.136. The summed E-state index contributed by atoms with van der Waals surface area (Å²) < 4.78 is 5.06. The van der Waals surface area contributed by atoms with Crippen LogP contribution in [-0.4, -0.2) is 52.6 Å². The third-order valence-electron chi connectivity index (χ3n) is 3.95. The largest absolute Gasteiger partial charge is 0.496 e. The van der Waals surface area contributed by atoms with Crippen molar-refractivity contribution in [1.29, 1.82) is 0 Å². The first-order valence-electron chi connectivity index (χ1n) is 8.07. The Hall–Kier alpha value is -2.22. The fourth-order valence-electron chi connectivity index (χ4n) is 2.55. The van der Waals surface area contributed by atoms with Crippen molar-refractivity contribution in [2.75, 3.05) is 24.1 Å². The minimum atomic E-state index is -1.10. The number of benzene rings is 1. The zero-order valence-electron chi connectivity index (χ0n) is 14.3. The van der Waals surface area contributed by atoms with E-state index in [0.29, 0.717) is 23.7 Å². The van der Waals surface area contributed by atoms with Crippen LogP contribution in [0.1, 0.15) is 36.5 Å². The number of ether oxygens (including phenoxy) is 1. The molecule has 1 aliphatic rings. The van der Waals surface area contributed by atoms with E-state index in [1.165, 1.54) is 25.3 Å². The molecule has 0 radical (unpaired) electrons. The van der Waals surface area contributed by atoms with Crippen molar-refractivity contribution >= 4 is 35.2 Å². The molecule has 1 fully saturated rings. The van der Waals surface area contributed by atoms with Gasteiger partial charge >= 0.3 is 5.97 Å². The molecule has 7 nitrogen and oxygen atoms in total. The molecule has 1 unspecified atom stereocenters. The number of hydrogen-bond acceptors (Lipinski definition) is 5. The van der Waals surface area contributed by atoms with Crippen LogP contribution in [-0.2, 0) is 9.59 Å². The fourth-order valence-corrected chi connectivity index (χ4v) is 3.73. The van der Waals surface area contributed by atoms with Crippen LogP contribution in [0.5, 0.6) is 5.75 Å². The highest BCUT2D eigenvalue weighted by Crippen LogP contribution is 2.26. The van der Waals surface area contributed by atoms with Gasteiger partial charge in [-0.1, -0.05) is 13.3 Å². The first-order valence-corrected chi connectivity index (χ1v) is 9.22. The lowest BCUT2D eigenvalue weighted by atomic mass is 10.1. The van der Waals surface area contributed by atoms with E-state index in [9.17, 15) is 14.4 Å². The number of aromatic carboxylic acids is 1. The van der Waals surface area contributed by atoms with Crippen LogP contribution in [0, 0.1) is 0 Å². The molecular formula is C17H22N2O5S. The Kier molecular flexibility index (Phi) is 6.69. The van der Waals surface area contributed by atoms with E-state index < -0.39 is 12.0 Å². The van der Waals surface area contributed by atoms with Gasteiger partial charge in [0, 0.05) is 23.9 Å². The van der Waals surface area contributed by atoms with Crippen molar-refractivity contribution in [2.24, 2.45) is 0 Å². The van der Waals surface area contributed by atoms with Gasteiger partial charge in [-0.25, -0.2) is 4.79 Å². The fraction of sp³-hybridized carbons (Fsp3) is 0.471. The van der Waals surface area contributed by atoms with Gasteiger partial charge in [-0.15, -0.1) is 11.8 Å². The number of hydrogen-bond donors (Lipinski definition) is 2. The van der Waals surface area contributed by atoms with Crippen LogP contribution in [0.15, 0.2) is 18.2 Å².